The van der Waals surface area contributed by atoms with Gasteiger partial charge in [0.15, 0.2) is 0 Å². The molecule has 0 aliphatic carbocycles. The molecule has 1 nitrogen and oxygen atoms in total. The Bertz CT molecular complexity index is 254. The van der Waals surface area contributed by atoms with Gasteiger partial charge in [0.05, 0.1) is 6.54 Å². The van der Waals surface area contributed by atoms with E-state index in [4.69, 9.17) is 0 Å². The lowest BCUT2D eigenvalue weighted by Gasteiger charge is -2.32. The molecule has 108 valence electrons. The van der Waals surface area contributed by atoms with Gasteiger partial charge in [-0.15, -0.1) is 0 Å². The fraction of sp³-hybridized carbons (Fsp3) is 0.750. The molecule has 0 saturated heterocycles. The molecule has 0 aromatic heterocycles. The molecule has 2 heteroatoms. The van der Waals surface area contributed by atoms with Gasteiger partial charge in [-0.2, -0.15) is 0 Å². The first-order valence-corrected chi connectivity index (χ1v) is 7.18. The van der Waals surface area contributed by atoms with E-state index >= 15 is 0 Å². The summed E-state index contributed by atoms with van der Waals surface area (Å²) in [5.41, 5.74) is 7.37. The minimum absolute atomic E-state index is 0. The topological polar surface area (TPSA) is 27.6 Å². The zero-order valence-electron chi connectivity index (χ0n) is 13.0. The number of hydrogen-bond acceptors (Lipinski definition) is 0. The summed E-state index contributed by atoms with van der Waals surface area (Å²) in [6, 6.07) is 0. The Labute approximate surface area is 120 Å². The fourth-order valence-corrected chi connectivity index (χ4v) is 2.67. The Morgan fingerprint density at radius 3 is 1.89 bits per heavy atom. The molecule has 0 amide bonds. The number of hydrogen-bond donors (Lipinski definition) is 1. The lowest BCUT2D eigenvalue weighted by molar-refractivity contribution is -0.352. The molecule has 0 rings (SSSR count). The molecule has 0 heterocycles. The highest BCUT2D eigenvalue weighted by Gasteiger charge is 2.25. The fourth-order valence-electron chi connectivity index (χ4n) is 2.67. The van der Waals surface area contributed by atoms with Crippen molar-refractivity contribution in [3.05, 3.63) is 23.3 Å². The van der Waals surface area contributed by atoms with Crippen LogP contribution in [0.2, 0.25) is 0 Å². The van der Waals surface area contributed by atoms with Crippen molar-refractivity contribution in [2.45, 2.75) is 66.7 Å². The molecule has 0 aliphatic rings. The van der Waals surface area contributed by atoms with E-state index in [2.05, 4.69) is 52.5 Å². The van der Waals surface area contributed by atoms with E-state index in [9.17, 15) is 0 Å². The van der Waals surface area contributed by atoms with Crippen LogP contribution in [0.15, 0.2) is 23.3 Å². The summed E-state index contributed by atoms with van der Waals surface area (Å²) in [4.78, 5) is 0. The van der Waals surface area contributed by atoms with Gasteiger partial charge in [0.1, 0.15) is 0 Å². The Kier molecular flexibility index (Phi) is 11.8. The Balaban J connectivity index is 0. The molecular formula is C16H32ClN. The summed E-state index contributed by atoms with van der Waals surface area (Å²) in [7, 11) is 0. The van der Waals surface area contributed by atoms with Gasteiger partial charge in [-0.1, -0.05) is 38.0 Å². The van der Waals surface area contributed by atoms with Gasteiger partial charge in [-0.05, 0) is 57.4 Å². The molecule has 0 radical (unpaired) electrons. The molecule has 0 bridgehead atoms. The van der Waals surface area contributed by atoms with Crippen LogP contribution in [0.25, 0.3) is 0 Å². The van der Waals surface area contributed by atoms with Gasteiger partial charge in [-0.3, -0.25) is 0 Å². The van der Waals surface area contributed by atoms with E-state index in [1.807, 2.05) is 0 Å². The lowest BCUT2D eigenvalue weighted by Crippen LogP contribution is -3.00. The maximum atomic E-state index is 3.86. The summed E-state index contributed by atoms with van der Waals surface area (Å²) in [5.74, 6) is 0. The molecule has 3 N–H and O–H groups in total. The summed E-state index contributed by atoms with van der Waals surface area (Å²) < 4.78 is 0. The molecule has 0 aromatic carbocycles. The maximum Gasteiger partial charge on any atom is 0.0929 e. The third kappa shape index (κ3) is 6.06. The van der Waals surface area contributed by atoms with Crippen molar-refractivity contribution in [2.24, 2.45) is 5.41 Å². The van der Waals surface area contributed by atoms with Crippen molar-refractivity contribution in [1.29, 1.82) is 0 Å². The third-order valence-corrected chi connectivity index (χ3v) is 4.35. The van der Waals surface area contributed by atoms with E-state index in [-0.39, 0.29) is 12.4 Å². The largest absolute Gasteiger partial charge is 1.00 e. The molecule has 0 unspecified atom stereocenters. The molecular weight excluding hydrogens is 242 g/mol. The van der Waals surface area contributed by atoms with Gasteiger partial charge in [0.25, 0.3) is 0 Å². The first kappa shape index (κ1) is 20.1. The molecule has 18 heavy (non-hydrogen) atoms. The summed E-state index contributed by atoms with van der Waals surface area (Å²) in [5, 5.41) is 0. The van der Waals surface area contributed by atoms with Crippen LogP contribution in [-0.2, 0) is 0 Å². The Morgan fingerprint density at radius 1 is 1.00 bits per heavy atom. The highest BCUT2D eigenvalue weighted by atomic mass is 35.5. The summed E-state index contributed by atoms with van der Waals surface area (Å²) in [6.07, 6.45) is 10.8. The van der Waals surface area contributed by atoms with Crippen LogP contribution < -0.4 is 18.1 Å². The number of allylic oxidation sites excluding steroid dienone is 3. The molecule has 0 fully saturated rings. The van der Waals surface area contributed by atoms with Gasteiger partial charge in [0.2, 0.25) is 0 Å². The molecule has 0 aliphatic heterocycles. The second-order valence-corrected chi connectivity index (χ2v) is 5.11. The molecule has 0 aromatic rings. The van der Waals surface area contributed by atoms with E-state index in [1.54, 1.807) is 5.57 Å². The van der Waals surface area contributed by atoms with E-state index in [0.29, 0.717) is 5.41 Å². The van der Waals surface area contributed by atoms with Gasteiger partial charge >= 0.3 is 0 Å². The normalized spacial score (nSPS) is 13.4. The van der Waals surface area contributed by atoms with E-state index in [0.717, 1.165) is 6.54 Å². The zero-order valence-corrected chi connectivity index (χ0v) is 13.7. The first-order chi connectivity index (χ1) is 8.06. The SMILES string of the molecule is CCC(CC)(CC)C(C)=CCC/C(C)=C/C[NH3+].[Cl-]. The monoisotopic (exact) mass is 273 g/mol. The smallest absolute Gasteiger partial charge is 0.0929 e. The second kappa shape index (κ2) is 10.6. The van der Waals surface area contributed by atoms with Crippen molar-refractivity contribution in [2.75, 3.05) is 6.54 Å². The van der Waals surface area contributed by atoms with E-state index < -0.39 is 0 Å². The van der Waals surface area contributed by atoms with Gasteiger partial charge in [0, 0.05) is 0 Å². The zero-order chi connectivity index (χ0) is 13.3. The van der Waals surface area contributed by atoms with Crippen LogP contribution in [0.4, 0.5) is 0 Å². The molecule has 0 spiro atoms. The highest BCUT2D eigenvalue weighted by molar-refractivity contribution is 5.12. The maximum absolute atomic E-state index is 3.86. The Hall–Kier alpha value is -0.270. The minimum Gasteiger partial charge on any atom is -1.00 e. The highest BCUT2D eigenvalue weighted by Crippen LogP contribution is 2.38. The second-order valence-electron chi connectivity index (χ2n) is 5.11. The van der Waals surface area contributed by atoms with Crippen molar-refractivity contribution < 1.29 is 18.1 Å². The predicted octanol–water partition coefficient (Wildman–Crippen LogP) is 1.12. The minimum atomic E-state index is 0. The summed E-state index contributed by atoms with van der Waals surface area (Å²) >= 11 is 0. The Morgan fingerprint density at radius 2 is 1.50 bits per heavy atom. The van der Waals surface area contributed by atoms with Crippen molar-refractivity contribution in [1.82, 2.24) is 0 Å². The van der Waals surface area contributed by atoms with Gasteiger partial charge in [-0.25, -0.2) is 0 Å². The van der Waals surface area contributed by atoms with Crippen LogP contribution in [0.5, 0.6) is 0 Å². The molecule has 0 saturated carbocycles. The summed E-state index contributed by atoms with van der Waals surface area (Å²) in [6.45, 7) is 12.4. The number of quaternary nitrogens is 1. The third-order valence-electron chi connectivity index (χ3n) is 4.35. The van der Waals surface area contributed by atoms with Crippen LogP contribution in [0.1, 0.15) is 66.7 Å². The average Bonchev–Trinajstić information content (AvgIpc) is 2.32. The molecule has 0 atom stereocenters. The van der Waals surface area contributed by atoms with Crippen LogP contribution in [0.3, 0.4) is 0 Å². The van der Waals surface area contributed by atoms with E-state index in [1.165, 1.54) is 37.7 Å². The average molecular weight is 274 g/mol. The van der Waals surface area contributed by atoms with Crippen molar-refractivity contribution in [3.8, 4) is 0 Å². The standard InChI is InChI=1S/C16H31N.ClH/c1-6-16(7-2,8-3)15(5)11-9-10-14(4)12-13-17;/h11-12H,6-10,13,17H2,1-5H3;1H/b14-12+,15-11?;. The van der Waals surface area contributed by atoms with Crippen LogP contribution in [-0.4, -0.2) is 6.54 Å². The van der Waals surface area contributed by atoms with Crippen molar-refractivity contribution >= 4 is 0 Å². The van der Waals surface area contributed by atoms with Gasteiger partial charge < -0.3 is 18.1 Å². The lowest BCUT2D eigenvalue weighted by atomic mass is 9.73. The predicted molar refractivity (Wildman–Crippen MR) is 77.8 cm³/mol. The van der Waals surface area contributed by atoms with Crippen molar-refractivity contribution in [3.63, 3.8) is 0 Å². The number of rotatable bonds is 8. The van der Waals surface area contributed by atoms with Crippen LogP contribution in [0, 0.1) is 5.41 Å². The quantitative estimate of drug-likeness (QED) is 0.642. The number of halogens is 1. The van der Waals surface area contributed by atoms with Crippen LogP contribution >= 0.6 is 0 Å². The first-order valence-electron chi connectivity index (χ1n) is 7.18.